The minimum Gasteiger partial charge on any atom is -0.491 e. The molecule has 1 aromatic carbocycles. The number of furan rings is 1. The first-order valence-electron chi connectivity index (χ1n) is 7.66. The van der Waals surface area contributed by atoms with Crippen LogP contribution < -0.4 is 4.74 Å². The zero-order chi connectivity index (χ0) is 16.7. The molecule has 23 heavy (non-hydrogen) atoms. The number of carbonyl (C=O) groups excluding carboxylic acids is 1. The highest BCUT2D eigenvalue weighted by molar-refractivity contribution is 5.94. The van der Waals surface area contributed by atoms with Crippen molar-refractivity contribution in [2.24, 2.45) is 0 Å². The van der Waals surface area contributed by atoms with Crippen molar-refractivity contribution < 1.29 is 18.7 Å². The monoisotopic (exact) mass is 317 g/mol. The standard InChI is InChI=1S/C18H23NO4/c1-14(2)23-17-6-4-16(5-7-17)18(20)19(9-11-21-3)12-15-8-10-22-13-15/h4-8,10,13-14H,9,11-12H2,1-3H3. The number of amides is 1. The van der Waals surface area contributed by atoms with Crippen LogP contribution in [0.15, 0.2) is 47.3 Å². The van der Waals surface area contributed by atoms with Crippen LogP contribution >= 0.6 is 0 Å². The van der Waals surface area contributed by atoms with E-state index in [1.165, 1.54) is 0 Å². The molecule has 0 radical (unpaired) electrons. The van der Waals surface area contributed by atoms with Gasteiger partial charge in [-0.2, -0.15) is 0 Å². The van der Waals surface area contributed by atoms with Gasteiger partial charge in [0.05, 0.1) is 25.2 Å². The fraction of sp³-hybridized carbons (Fsp3) is 0.389. The second-order valence-corrected chi connectivity index (χ2v) is 5.54. The summed E-state index contributed by atoms with van der Waals surface area (Å²) in [5, 5.41) is 0. The maximum atomic E-state index is 12.7. The summed E-state index contributed by atoms with van der Waals surface area (Å²) in [4.78, 5) is 14.5. The molecule has 0 aliphatic carbocycles. The van der Waals surface area contributed by atoms with Crippen LogP contribution in [0.1, 0.15) is 29.8 Å². The highest BCUT2D eigenvalue weighted by Crippen LogP contribution is 2.16. The lowest BCUT2D eigenvalue weighted by Crippen LogP contribution is -2.33. The van der Waals surface area contributed by atoms with Gasteiger partial charge in [0, 0.05) is 31.3 Å². The zero-order valence-corrected chi connectivity index (χ0v) is 13.8. The number of nitrogens with zero attached hydrogens (tertiary/aromatic N) is 1. The summed E-state index contributed by atoms with van der Waals surface area (Å²) in [6, 6.07) is 9.07. The minimum absolute atomic E-state index is 0.0423. The van der Waals surface area contributed by atoms with E-state index in [0.717, 1.165) is 11.3 Å². The Hall–Kier alpha value is -2.27. The van der Waals surface area contributed by atoms with Crippen molar-refractivity contribution in [2.75, 3.05) is 20.3 Å². The molecule has 0 N–H and O–H groups in total. The van der Waals surface area contributed by atoms with E-state index in [-0.39, 0.29) is 12.0 Å². The van der Waals surface area contributed by atoms with Crippen molar-refractivity contribution in [3.05, 3.63) is 54.0 Å². The molecule has 5 nitrogen and oxygen atoms in total. The smallest absolute Gasteiger partial charge is 0.254 e. The van der Waals surface area contributed by atoms with Crippen LogP contribution in [0, 0.1) is 0 Å². The largest absolute Gasteiger partial charge is 0.491 e. The van der Waals surface area contributed by atoms with Crippen molar-refractivity contribution in [3.8, 4) is 5.75 Å². The first-order valence-corrected chi connectivity index (χ1v) is 7.66. The summed E-state index contributed by atoms with van der Waals surface area (Å²) in [7, 11) is 1.62. The Bertz CT molecular complexity index is 590. The maximum Gasteiger partial charge on any atom is 0.254 e. The predicted molar refractivity (Wildman–Crippen MR) is 87.5 cm³/mol. The molecule has 0 saturated carbocycles. The molecular weight excluding hydrogens is 294 g/mol. The number of hydrogen-bond acceptors (Lipinski definition) is 4. The number of rotatable bonds is 8. The van der Waals surface area contributed by atoms with Crippen molar-refractivity contribution in [1.29, 1.82) is 0 Å². The minimum atomic E-state index is -0.0423. The lowest BCUT2D eigenvalue weighted by Gasteiger charge is -2.22. The van der Waals surface area contributed by atoms with Gasteiger partial charge in [0.25, 0.3) is 5.91 Å². The van der Waals surface area contributed by atoms with Crippen molar-refractivity contribution >= 4 is 5.91 Å². The van der Waals surface area contributed by atoms with Gasteiger partial charge in [0.15, 0.2) is 0 Å². The van der Waals surface area contributed by atoms with Gasteiger partial charge >= 0.3 is 0 Å². The van der Waals surface area contributed by atoms with E-state index in [1.807, 2.05) is 32.0 Å². The molecule has 0 atom stereocenters. The normalized spacial score (nSPS) is 10.8. The second-order valence-electron chi connectivity index (χ2n) is 5.54. The predicted octanol–water partition coefficient (Wildman–Crippen LogP) is 3.36. The Balaban J connectivity index is 2.09. The third kappa shape index (κ3) is 5.14. The molecule has 124 valence electrons. The highest BCUT2D eigenvalue weighted by Gasteiger charge is 2.16. The second kappa shape index (κ2) is 8.39. The Kier molecular flexibility index (Phi) is 6.23. The van der Waals surface area contributed by atoms with Gasteiger partial charge in [-0.3, -0.25) is 4.79 Å². The van der Waals surface area contributed by atoms with E-state index in [9.17, 15) is 4.79 Å². The van der Waals surface area contributed by atoms with Gasteiger partial charge < -0.3 is 18.8 Å². The molecule has 1 heterocycles. The van der Waals surface area contributed by atoms with E-state index in [2.05, 4.69) is 0 Å². The average molecular weight is 317 g/mol. The molecule has 0 unspecified atom stereocenters. The number of carbonyl (C=O) groups is 1. The lowest BCUT2D eigenvalue weighted by atomic mass is 10.1. The number of benzene rings is 1. The summed E-state index contributed by atoms with van der Waals surface area (Å²) in [5.41, 5.74) is 1.58. The van der Waals surface area contributed by atoms with Crippen LogP contribution in [0.4, 0.5) is 0 Å². The van der Waals surface area contributed by atoms with E-state index >= 15 is 0 Å². The summed E-state index contributed by atoms with van der Waals surface area (Å²) in [6.45, 7) is 5.43. The third-order valence-electron chi connectivity index (χ3n) is 3.28. The quantitative estimate of drug-likeness (QED) is 0.749. The Morgan fingerprint density at radius 3 is 2.52 bits per heavy atom. The van der Waals surface area contributed by atoms with E-state index in [1.54, 1.807) is 36.7 Å². The highest BCUT2D eigenvalue weighted by atomic mass is 16.5. The van der Waals surface area contributed by atoms with Gasteiger partial charge in [-0.25, -0.2) is 0 Å². The molecule has 1 amide bonds. The molecule has 2 aromatic rings. The van der Waals surface area contributed by atoms with Crippen LogP contribution in [0.3, 0.4) is 0 Å². The molecule has 0 bridgehead atoms. The molecular formula is C18H23NO4. The third-order valence-corrected chi connectivity index (χ3v) is 3.28. The van der Waals surface area contributed by atoms with Crippen LogP contribution in [0.5, 0.6) is 5.75 Å². The van der Waals surface area contributed by atoms with Crippen molar-refractivity contribution in [1.82, 2.24) is 4.90 Å². The van der Waals surface area contributed by atoms with E-state index in [4.69, 9.17) is 13.9 Å². The maximum absolute atomic E-state index is 12.7. The van der Waals surface area contributed by atoms with Crippen LogP contribution in [-0.4, -0.2) is 37.2 Å². The Morgan fingerprint density at radius 1 is 1.22 bits per heavy atom. The summed E-state index contributed by atoms with van der Waals surface area (Å²) >= 11 is 0. The van der Waals surface area contributed by atoms with Crippen LogP contribution in [-0.2, 0) is 11.3 Å². The van der Waals surface area contributed by atoms with Gasteiger partial charge in [-0.1, -0.05) is 0 Å². The van der Waals surface area contributed by atoms with Gasteiger partial charge in [0.2, 0.25) is 0 Å². The molecule has 0 aliphatic rings. The van der Waals surface area contributed by atoms with Gasteiger partial charge in [0.1, 0.15) is 5.75 Å². The van der Waals surface area contributed by atoms with E-state index in [0.29, 0.717) is 25.3 Å². The Labute approximate surface area is 136 Å². The summed E-state index contributed by atoms with van der Waals surface area (Å²) in [6.07, 6.45) is 3.36. The first-order chi connectivity index (χ1) is 11.1. The van der Waals surface area contributed by atoms with E-state index < -0.39 is 0 Å². The Morgan fingerprint density at radius 2 is 1.96 bits per heavy atom. The molecule has 0 saturated heterocycles. The lowest BCUT2D eigenvalue weighted by molar-refractivity contribution is 0.0680. The topological polar surface area (TPSA) is 51.9 Å². The fourth-order valence-corrected chi connectivity index (χ4v) is 2.19. The number of ether oxygens (including phenoxy) is 2. The zero-order valence-electron chi connectivity index (χ0n) is 13.8. The van der Waals surface area contributed by atoms with Crippen molar-refractivity contribution in [2.45, 2.75) is 26.5 Å². The molecule has 2 rings (SSSR count). The average Bonchev–Trinajstić information content (AvgIpc) is 3.04. The molecule has 0 fully saturated rings. The van der Waals surface area contributed by atoms with Crippen LogP contribution in [0.2, 0.25) is 0 Å². The summed E-state index contributed by atoms with van der Waals surface area (Å²) < 4.78 is 15.8. The van der Waals surface area contributed by atoms with Crippen molar-refractivity contribution in [3.63, 3.8) is 0 Å². The van der Waals surface area contributed by atoms with Gasteiger partial charge in [-0.15, -0.1) is 0 Å². The number of methoxy groups -OCH3 is 1. The fourth-order valence-electron chi connectivity index (χ4n) is 2.19. The molecule has 0 aliphatic heterocycles. The SMILES string of the molecule is COCCN(Cc1ccoc1)C(=O)c1ccc(OC(C)C)cc1. The molecule has 0 spiro atoms. The molecule has 5 heteroatoms. The molecule has 1 aromatic heterocycles. The number of hydrogen-bond donors (Lipinski definition) is 0. The van der Waals surface area contributed by atoms with Gasteiger partial charge in [-0.05, 0) is 44.2 Å². The summed E-state index contributed by atoms with van der Waals surface area (Å²) in [5.74, 6) is 0.717. The van der Waals surface area contributed by atoms with Crippen LogP contribution in [0.25, 0.3) is 0 Å². The first kappa shape index (κ1) is 17.1.